The topological polar surface area (TPSA) is 49.3 Å². The third kappa shape index (κ3) is 4.40. The van der Waals surface area contributed by atoms with Crippen LogP contribution in [-0.4, -0.2) is 46.3 Å². The number of nitrogens with zero attached hydrogens (tertiary/aromatic N) is 4. The van der Waals surface area contributed by atoms with Gasteiger partial charge in [0.05, 0.1) is 18.8 Å². The molecule has 5 nitrogen and oxygen atoms in total. The molecule has 0 unspecified atom stereocenters. The van der Waals surface area contributed by atoms with E-state index < -0.39 is 0 Å². The molecule has 0 aliphatic carbocycles. The maximum absolute atomic E-state index is 12.1. The normalized spacial score (nSPS) is 10.8. The van der Waals surface area contributed by atoms with Crippen molar-refractivity contribution in [1.82, 2.24) is 19.8 Å². The van der Waals surface area contributed by atoms with Gasteiger partial charge in [0.25, 0.3) is 0 Å². The van der Waals surface area contributed by atoms with Gasteiger partial charge < -0.3 is 4.90 Å². The van der Waals surface area contributed by atoms with Gasteiger partial charge in [-0.2, -0.15) is 0 Å². The molecule has 0 spiro atoms. The van der Waals surface area contributed by atoms with E-state index in [4.69, 9.17) is 0 Å². The smallest absolute Gasteiger partial charge is 0.236 e. The Morgan fingerprint density at radius 2 is 2.15 bits per heavy atom. The molecule has 2 aromatic rings. The molecule has 0 fully saturated rings. The van der Waals surface area contributed by atoms with Crippen molar-refractivity contribution in [2.75, 3.05) is 20.6 Å². The fourth-order valence-corrected chi connectivity index (χ4v) is 2.58. The summed E-state index contributed by atoms with van der Waals surface area (Å²) in [6.45, 7) is 1.65. The van der Waals surface area contributed by atoms with E-state index in [1.54, 1.807) is 34.8 Å². The molecule has 0 aromatic carbocycles. The van der Waals surface area contributed by atoms with Gasteiger partial charge in [-0.3, -0.25) is 19.7 Å². The van der Waals surface area contributed by atoms with Crippen LogP contribution in [0.25, 0.3) is 0 Å². The third-order valence-electron chi connectivity index (χ3n) is 2.85. The number of thiophene rings is 1. The second kappa shape index (κ2) is 7.12. The fourth-order valence-electron chi connectivity index (χ4n) is 1.82. The minimum Gasteiger partial charge on any atom is -0.340 e. The van der Waals surface area contributed by atoms with Crippen molar-refractivity contribution in [3.63, 3.8) is 0 Å². The molecule has 0 saturated carbocycles. The van der Waals surface area contributed by atoms with Gasteiger partial charge in [-0.1, -0.05) is 6.07 Å². The van der Waals surface area contributed by atoms with E-state index in [0.29, 0.717) is 19.6 Å². The van der Waals surface area contributed by atoms with Gasteiger partial charge in [-0.25, -0.2) is 0 Å². The molecule has 2 rings (SSSR count). The first-order valence-electron chi connectivity index (χ1n) is 6.35. The van der Waals surface area contributed by atoms with Gasteiger partial charge in [0.1, 0.15) is 0 Å². The average Bonchev–Trinajstić information content (AvgIpc) is 2.92. The van der Waals surface area contributed by atoms with Gasteiger partial charge in [0.15, 0.2) is 0 Å². The van der Waals surface area contributed by atoms with Crippen LogP contribution in [0.15, 0.2) is 36.1 Å². The summed E-state index contributed by atoms with van der Waals surface area (Å²) >= 11 is 1.66. The lowest BCUT2D eigenvalue weighted by Crippen LogP contribution is -2.36. The van der Waals surface area contributed by atoms with Gasteiger partial charge in [0, 0.05) is 37.1 Å². The summed E-state index contributed by atoms with van der Waals surface area (Å²) in [6, 6.07) is 4.04. The number of carbonyl (C=O) groups is 1. The fraction of sp³-hybridized carbons (Fsp3) is 0.357. The maximum Gasteiger partial charge on any atom is 0.236 e. The number of aromatic nitrogens is 2. The second-order valence-corrected chi connectivity index (χ2v) is 5.73. The lowest BCUT2D eigenvalue weighted by Gasteiger charge is -2.21. The first-order valence-corrected chi connectivity index (χ1v) is 7.23. The SMILES string of the molecule is CN(CC(=O)N(C)Cc1cccs1)Cc1cnccn1. The van der Waals surface area contributed by atoms with Crippen molar-refractivity contribution in [2.45, 2.75) is 13.1 Å². The van der Waals surface area contributed by atoms with Crippen LogP contribution in [-0.2, 0) is 17.9 Å². The van der Waals surface area contributed by atoms with E-state index in [0.717, 1.165) is 5.69 Å². The summed E-state index contributed by atoms with van der Waals surface area (Å²) < 4.78 is 0. The van der Waals surface area contributed by atoms with E-state index >= 15 is 0 Å². The number of carbonyl (C=O) groups excluding carboxylic acids is 1. The Bertz CT molecular complexity index is 529. The van der Waals surface area contributed by atoms with Crippen molar-refractivity contribution in [1.29, 1.82) is 0 Å². The molecule has 0 N–H and O–H groups in total. The molecule has 0 bridgehead atoms. The zero-order valence-electron chi connectivity index (χ0n) is 11.7. The molecule has 1 amide bonds. The summed E-state index contributed by atoms with van der Waals surface area (Å²) in [4.78, 5) is 25.2. The number of likely N-dealkylation sites (N-methyl/N-ethyl adjacent to an activating group) is 2. The van der Waals surface area contributed by atoms with Crippen LogP contribution in [0.1, 0.15) is 10.6 Å². The highest BCUT2D eigenvalue weighted by molar-refractivity contribution is 7.09. The Balaban J connectivity index is 1.81. The molecular formula is C14H18N4OS. The predicted molar refractivity (Wildman–Crippen MR) is 79.2 cm³/mol. The molecule has 0 saturated heterocycles. The highest BCUT2D eigenvalue weighted by Crippen LogP contribution is 2.11. The molecule has 0 aliphatic heterocycles. The number of hydrogen-bond donors (Lipinski definition) is 0. The average molecular weight is 290 g/mol. The lowest BCUT2D eigenvalue weighted by atomic mass is 10.3. The van der Waals surface area contributed by atoms with Gasteiger partial charge >= 0.3 is 0 Å². The highest BCUT2D eigenvalue weighted by Gasteiger charge is 2.13. The third-order valence-corrected chi connectivity index (χ3v) is 3.71. The minimum atomic E-state index is 0.102. The standard InChI is InChI=1S/C14H18N4OS/c1-17(9-12-8-15-5-6-16-12)11-14(19)18(2)10-13-4-3-7-20-13/h3-8H,9-11H2,1-2H3. The second-order valence-electron chi connectivity index (χ2n) is 4.70. The molecule has 106 valence electrons. The molecule has 0 aliphatic rings. The van der Waals surface area contributed by atoms with Gasteiger partial charge in [-0.05, 0) is 18.5 Å². The first kappa shape index (κ1) is 14.6. The van der Waals surface area contributed by atoms with Crippen LogP contribution < -0.4 is 0 Å². The van der Waals surface area contributed by atoms with Crippen LogP contribution >= 0.6 is 11.3 Å². The number of hydrogen-bond acceptors (Lipinski definition) is 5. The predicted octanol–water partition coefficient (Wildman–Crippen LogP) is 1.63. The minimum absolute atomic E-state index is 0.102. The summed E-state index contributed by atoms with van der Waals surface area (Å²) in [5.74, 6) is 0.102. The van der Waals surface area contributed by atoms with Crippen LogP contribution in [0.2, 0.25) is 0 Å². The van der Waals surface area contributed by atoms with Gasteiger partial charge in [-0.15, -0.1) is 11.3 Å². The van der Waals surface area contributed by atoms with E-state index in [-0.39, 0.29) is 5.91 Å². The quantitative estimate of drug-likeness (QED) is 0.811. The molecule has 0 radical (unpaired) electrons. The van der Waals surface area contributed by atoms with E-state index in [9.17, 15) is 4.79 Å². The van der Waals surface area contributed by atoms with Crippen molar-refractivity contribution in [3.8, 4) is 0 Å². The molecule has 20 heavy (non-hydrogen) atoms. The molecule has 0 atom stereocenters. The Kier molecular flexibility index (Phi) is 5.20. The lowest BCUT2D eigenvalue weighted by molar-refractivity contribution is -0.131. The zero-order valence-corrected chi connectivity index (χ0v) is 12.5. The van der Waals surface area contributed by atoms with E-state index in [1.807, 2.05) is 36.5 Å². The Morgan fingerprint density at radius 1 is 1.30 bits per heavy atom. The van der Waals surface area contributed by atoms with Gasteiger partial charge in [0.2, 0.25) is 5.91 Å². The van der Waals surface area contributed by atoms with E-state index in [2.05, 4.69) is 9.97 Å². The molecule has 6 heteroatoms. The largest absolute Gasteiger partial charge is 0.340 e. The van der Waals surface area contributed by atoms with Crippen LogP contribution in [0.4, 0.5) is 0 Å². The van der Waals surface area contributed by atoms with Crippen LogP contribution in [0.5, 0.6) is 0 Å². The zero-order chi connectivity index (χ0) is 14.4. The Hall–Kier alpha value is -1.79. The van der Waals surface area contributed by atoms with Crippen molar-refractivity contribution >= 4 is 17.2 Å². The van der Waals surface area contributed by atoms with Crippen molar-refractivity contribution in [2.24, 2.45) is 0 Å². The maximum atomic E-state index is 12.1. The summed E-state index contributed by atoms with van der Waals surface area (Å²) in [7, 11) is 3.74. The van der Waals surface area contributed by atoms with Crippen LogP contribution in [0.3, 0.4) is 0 Å². The Labute approximate surface area is 122 Å². The van der Waals surface area contributed by atoms with Crippen molar-refractivity contribution < 1.29 is 4.79 Å². The van der Waals surface area contributed by atoms with Crippen LogP contribution in [0, 0.1) is 0 Å². The monoisotopic (exact) mass is 290 g/mol. The van der Waals surface area contributed by atoms with Crippen molar-refractivity contribution in [3.05, 3.63) is 46.7 Å². The Morgan fingerprint density at radius 3 is 2.80 bits per heavy atom. The highest BCUT2D eigenvalue weighted by atomic mass is 32.1. The number of rotatable bonds is 6. The summed E-state index contributed by atoms with van der Waals surface area (Å²) in [6.07, 6.45) is 5.02. The number of amides is 1. The van der Waals surface area contributed by atoms with E-state index in [1.165, 1.54) is 4.88 Å². The molecule has 2 heterocycles. The summed E-state index contributed by atoms with van der Waals surface area (Å²) in [5, 5.41) is 2.02. The molecular weight excluding hydrogens is 272 g/mol. The first-order chi connectivity index (χ1) is 9.65. The molecule has 2 aromatic heterocycles. The summed E-state index contributed by atoms with van der Waals surface area (Å²) in [5.41, 5.74) is 0.865.